The second-order valence-corrected chi connectivity index (χ2v) is 18.6. The van der Waals surface area contributed by atoms with Gasteiger partial charge in [-0.15, -0.1) is 0 Å². The van der Waals surface area contributed by atoms with Crippen molar-refractivity contribution in [2.45, 2.75) is 64.7 Å². The number of fused-ring (bicyclic) bond motifs is 6. The van der Waals surface area contributed by atoms with Crippen molar-refractivity contribution in [3.8, 4) is 55.6 Å². The number of benzene rings is 8. The molecule has 288 valence electrons. The zero-order chi connectivity index (χ0) is 40.7. The Labute approximate surface area is 350 Å². The van der Waals surface area contributed by atoms with Gasteiger partial charge in [-0.3, -0.25) is 0 Å². The van der Waals surface area contributed by atoms with Crippen LogP contribution in [0, 0.1) is 0 Å². The lowest BCUT2D eigenvalue weighted by Gasteiger charge is -2.30. The highest BCUT2D eigenvalue weighted by Gasteiger charge is 2.40. The van der Waals surface area contributed by atoms with E-state index >= 15 is 0 Å². The average Bonchev–Trinajstić information content (AvgIpc) is 3.63. The van der Waals surface area contributed by atoms with Crippen LogP contribution >= 0.6 is 0 Å². The molecule has 0 aromatic heterocycles. The summed E-state index contributed by atoms with van der Waals surface area (Å²) in [6.07, 6.45) is 0. The van der Waals surface area contributed by atoms with Crippen molar-refractivity contribution >= 4 is 17.1 Å². The molecule has 2 aliphatic carbocycles. The summed E-state index contributed by atoms with van der Waals surface area (Å²) in [5.41, 5.74) is 22.9. The number of hydrogen-bond donors (Lipinski definition) is 0. The van der Waals surface area contributed by atoms with Crippen LogP contribution in [0.3, 0.4) is 0 Å². The van der Waals surface area contributed by atoms with Crippen LogP contribution in [0.25, 0.3) is 55.6 Å². The maximum atomic E-state index is 2.48. The molecule has 0 fully saturated rings. The van der Waals surface area contributed by atoms with E-state index in [1.165, 1.54) is 83.5 Å². The smallest absolute Gasteiger partial charge is 0.0465 e. The molecule has 2 aliphatic rings. The topological polar surface area (TPSA) is 3.24 Å². The van der Waals surface area contributed by atoms with Crippen LogP contribution in [0.15, 0.2) is 182 Å². The fraction of sp³-hybridized carbons (Fsp3) is 0.172. The van der Waals surface area contributed by atoms with E-state index in [1.54, 1.807) is 0 Å². The summed E-state index contributed by atoms with van der Waals surface area (Å²) < 4.78 is 0. The Morgan fingerprint density at radius 3 is 1.46 bits per heavy atom. The highest BCUT2D eigenvalue weighted by molar-refractivity contribution is 5.98. The van der Waals surface area contributed by atoms with Gasteiger partial charge in [-0.05, 0) is 125 Å². The third-order valence-corrected chi connectivity index (χ3v) is 13.2. The molecule has 1 nitrogen and oxygen atoms in total. The Morgan fingerprint density at radius 1 is 0.356 bits per heavy atom. The largest absolute Gasteiger partial charge is 0.310 e. The predicted molar refractivity (Wildman–Crippen MR) is 251 cm³/mol. The number of hydrogen-bond acceptors (Lipinski definition) is 1. The first-order valence-electron chi connectivity index (χ1n) is 21.1. The minimum atomic E-state index is -0.270. The fourth-order valence-electron chi connectivity index (χ4n) is 10.0. The van der Waals surface area contributed by atoms with Gasteiger partial charge in [0.05, 0.1) is 0 Å². The van der Waals surface area contributed by atoms with Crippen LogP contribution in [0.2, 0.25) is 0 Å². The zero-order valence-electron chi connectivity index (χ0n) is 35.3. The molecule has 0 unspecified atom stereocenters. The van der Waals surface area contributed by atoms with Crippen molar-refractivity contribution in [3.63, 3.8) is 0 Å². The highest BCUT2D eigenvalue weighted by atomic mass is 15.1. The Hall–Kier alpha value is -6.44. The summed E-state index contributed by atoms with van der Waals surface area (Å²) in [4.78, 5) is 2.47. The van der Waals surface area contributed by atoms with E-state index in [0.29, 0.717) is 0 Å². The molecule has 10 rings (SSSR count). The first kappa shape index (κ1) is 36.9. The lowest BCUT2D eigenvalue weighted by molar-refractivity contribution is 0.590. The summed E-state index contributed by atoms with van der Waals surface area (Å²) in [6.45, 7) is 16.5. The molecule has 8 aromatic rings. The van der Waals surface area contributed by atoms with E-state index in [9.17, 15) is 0 Å². The number of rotatable bonds is 6. The lowest BCUT2D eigenvalue weighted by Crippen LogP contribution is -2.18. The van der Waals surface area contributed by atoms with E-state index in [1.807, 2.05) is 0 Å². The van der Waals surface area contributed by atoms with Gasteiger partial charge in [0.25, 0.3) is 0 Å². The van der Waals surface area contributed by atoms with Gasteiger partial charge >= 0.3 is 0 Å². The monoisotopic (exact) mass is 761 g/mol. The van der Waals surface area contributed by atoms with Gasteiger partial charge in [0.15, 0.2) is 0 Å². The summed E-state index contributed by atoms with van der Waals surface area (Å²) in [6, 6.07) is 68.0. The second-order valence-electron chi connectivity index (χ2n) is 18.6. The predicted octanol–water partition coefficient (Wildman–Crippen LogP) is 16.1. The van der Waals surface area contributed by atoms with Gasteiger partial charge in [0, 0.05) is 27.9 Å². The average molecular weight is 762 g/mol. The van der Waals surface area contributed by atoms with Crippen LogP contribution in [-0.4, -0.2) is 0 Å². The Balaban J connectivity index is 1.16. The minimum absolute atomic E-state index is 0.0931. The Kier molecular flexibility index (Phi) is 8.48. The quantitative estimate of drug-likeness (QED) is 0.163. The summed E-state index contributed by atoms with van der Waals surface area (Å²) in [5, 5.41) is 0. The Morgan fingerprint density at radius 2 is 0.814 bits per heavy atom. The third kappa shape index (κ3) is 5.98. The molecule has 0 saturated carbocycles. The van der Waals surface area contributed by atoms with Crippen molar-refractivity contribution in [1.82, 2.24) is 0 Å². The van der Waals surface area contributed by atoms with E-state index < -0.39 is 0 Å². The molecule has 0 N–H and O–H groups in total. The van der Waals surface area contributed by atoms with Crippen LogP contribution < -0.4 is 4.90 Å². The van der Waals surface area contributed by atoms with Crippen LogP contribution in [-0.2, 0) is 16.2 Å². The lowest BCUT2D eigenvalue weighted by atomic mass is 9.77. The van der Waals surface area contributed by atoms with Crippen LogP contribution in [0.5, 0.6) is 0 Å². The van der Waals surface area contributed by atoms with Gasteiger partial charge in [0.1, 0.15) is 0 Å². The van der Waals surface area contributed by atoms with Gasteiger partial charge < -0.3 is 4.90 Å². The number of anilines is 3. The maximum Gasteiger partial charge on any atom is 0.0465 e. The van der Waals surface area contributed by atoms with Gasteiger partial charge in [-0.2, -0.15) is 0 Å². The fourth-order valence-corrected chi connectivity index (χ4v) is 10.0. The van der Waals surface area contributed by atoms with Crippen molar-refractivity contribution < 1.29 is 0 Å². The molecular formula is C58H51N. The third-order valence-electron chi connectivity index (χ3n) is 13.2. The Bertz CT molecular complexity index is 2870. The van der Waals surface area contributed by atoms with Crippen molar-refractivity contribution in [2.75, 3.05) is 4.90 Å². The normalized spacial score (nSPS) is 14.3. The molecule has 0 bridgehead atoms. The maximum absolute atomic E-state index is 2.48. The van der Waals surface area contributed by atoms with E-state index in [4.69, 9.17) is 0 Å². The van der Waals surface area contributed by atoms with Crippen molar-refractivity contribution in [1.29, 1.82) is 0 Å². The van der Waals surface area contributed by atoms with Gasteiger partial charge in [0.2, 0.25) is 0 Å². The summed E-state index contributed by atoms with van der Waals surface area (Å²) in [7, 11) is 0. The molecule has 1 heteroatoms. The summed E-state index contributed by atoms with van der Waals surface area (Å²) >= 11 is 0. The van der Waals surface area contributed by atoms with E-state index in [-0.39, 0.29) is 16.2 Å². The number of nitrogens with zero attached hydrogens (tertiary/aromatic N) is 1. The molecule has 0 heterocycles. The molecule has 8 aromatic carbocycles. The molecule has 59 heavy (non-hydrogen) atoms. The van der Waals surface area contributed by atoms with E-state index in [0.717, 1.165) is 17.1 Å². The van der Waals surface area contributed by atoms with Gasteiger partial charge in [-0.1, -0.05) is 194 Å². The SMILES string of the molecule is CC(C)(C)c1ccc(-c2ccc(-c3ccccc3)c3c2C(C)(C)c2cc(N(c4ccc(-c5ccccc5)cc4)c4ccc5c(c4)C(C)(C)c4ccccc4-5)ccc2-3)cc1. The first-order chi connectivity index (χ1) is 28.4. The molecule has 0 amide bonds. The highest BCUT2D eigenvalue weighted by Crippen LogP contribution is 2.57. The first-order valence-corrected chi connectivity index (χ1v) is 21.1. The zero-order valence-corrected chi connectivity index (χ0v) is 35.3. The molecule has 0 radical (unpaired) electrons. The summed E-state index contributed by atoms with van der Waals surface area (Å²) in [5.74, 6) is 0. The standard InChI is InChI=1S/C58H51N/c1-56(2,3)42-26-22-41(23-27-42)47-35-34-46(40-18-12-9-13-19-40)54-50-33-31-45(37-53(50)58(6,7)55(47)54)59(43-28-24-39(25-29-43)38-16-10-8-11-17-38)44-30-32-49-48-20-14-15-21-51(48)57(4,5)52(49)36-44/h8-37H,1-7H3. The second kappa shape index (κ2) is 13.6. The van der Waals surface area contributed by atoms with E-state index in [2.05, 4.69) is 235 Å². The molecular weight excluding hydrogens is 711 g/mol. The molecule has 0 spiro atoms. The molecule has 0 aliphatic heterocycles. The van der Waals surface area contributed by atoms with Crippen LogP contribution in [0.4, 0.5) is 17.1 Å². The van der Waals surface area contributed by atoms with Gasteiger partial charge in [-0.25, -0.2) is 0 Å². The minimum Gasteiger partial charge on any atom is -0.310 e. The van der Waals surface area contributed by atoms with Crippen LogP contribution in [0.1, 0.15) is 76.3 Å². The van der Waals surface area contributed by atoms with Crippen molar-refractivity contribution in [2.24, 2.45) is 0 Å². The van der Waals surface area contributed by atoms with Crippen molar-refractivity contribution in [3.05, 3.63) is 210 Å². The molecule has 0 atom stereocenters. The molecule has 0 saturated heterocycles.